The summed E-state index contributed by atoms with van der Waals surface area (Å²) in [6.45, 7) is 0.476. The Morgan fingerprint density at radius 2 is 1.92 bits per heavy atom. The van der Waals surface area contributed by atoms with Gasteiger partial charge in [0.05, 0.1) is 0 Å². The lowest BCUT2D eigenvalue weighted by Gasteiger charge is -2.31. The molecule has 0 saturated heterocycles. The van der Waals surface area contributed by atoms with Gasteiger partial charge in [-0.15, -0.1) is 0 Å². The van der Waals surface area contributed by atoms with Crippen molar-refractivity contribution in [3.8, 4) is 5.75 Å². The van der Waals surface area contributed by atoms with Gasteiger partial charge in [-0.3, -0.25) is 4.79 Å². The average Bonchev–Trinajstić information content (AvgIpc) is 3.02. The van der Waals surface area contributed by atoms with Crippen LogP contribution in [-0.4, -0.2) is 11.6 Å². The first-order valence-corrected chi connectivity index (χ1v) is 8.60. The third-order valence-electron chi connectivity index (χ3n) is 4.81. The molecule has 1 fully saturated rings. The van der Waals surface area contributed by atoms with E-state index < -0.39 is 0 Å². The van der Waals surface area contributed by atoms with Crippen molar-refractivity contribution in [2.24, 2.45) is 16.9 Å². The number of fused-ring (bicyclic) bond motifs is 1. The second kappa shape index (κ2) is 6.93. The van der Waals surface area contributed by atoms with E-state index in [4.69, 9.17) is 4.74 Å². The van der Waals surface area contributed by atoms with Crippen LogP contribution >= 0.6 is 0 Å². The number of hydrazone groups is 1. The second-order valence-corrected chi connectivity index (χ2v) is 6.50. The van der Waals surface area contributed by atoms with Crippen molar-refractivity contribution < 1.29 is 9.53 Å². The number of rotatable bonds is 5. The minimum Gasteiger partial charge on any atom is -0.489 e. The zero-order valence-corrected chi connectivity index (χ0v) is 13.9. The molecule has 0 aromatic heterocycles. The van der Waals surface area contributed by atoms with Crippen molar-refractivity contribution in [3.05, 3.63) is 77.9 Å². The molecule has 2 aliphatic carbocycles. The number of allylic oxidation sites excluding steroid dienone is 2. The van der Waals surface area contributed by atoms with Gasteiger partial charge in [-0.1, -0.05) is 42.5 Å². The number of hydrogen-bond donors (Lipinski definition) is 1. The lowest BCUT2D eigenvalue weighted by Crippen LogP contribution is -2.35. The van der Waals surface area contributed by atoms with E-state index in [2.05, 4.69) is 22.7 Å². The number of carbonyl (C=O) groups is 1. The van der Waals surface area contributed by atoms with Crippen LogP contribution in [0.15, 0.2) is 71.9 Å². The van der Waals surface area contributed by atoms with Crippen molar-refractivity contribution in [1.29, 1.82) is 0 Å². The van der Waals surface area contributed by atoms with E-state index in [0.717, 1.165) is 29.9 Å². The Bertz CT molecular complexity index is 810. The maximum Gasteiger partial charge on any atom is 0.271 e. The molecule has 4 nitrogen and oxygen atoms in total. The van der Waals surface area contributed by atoms with Crippen LogP contribution < -0.4 is 10.2 Å². The topological polar surface area (TPSA) is 50.7 Å². The van der Waals surface area contributed by atoms with Crippen molar-refractivity contribution >= 4 is 11.6 Å². The van der Waals surface area contributed by atoms with Crippen LogP contribution in [0.3, 0.4) is 0 Å². The maximum atomic E-state index is 12.2. The highest BCUT2D eigenvalue weighted by Gasteiger charge is 2.37. The molecule has 2 aliphatic rings. The SMILES string of the molecule is O=C(N/N=C1/C[C@H]2CC=C[C@H]12)c1ccc(COc2ccccc2)cc1. The van der Waals surface area contributed by atoms with Crippen LogP contribution in [0.5, 0.6) is 5.75 Å². The summed E-state index contributed by atoms with van der Waals surface area (Å²) in [7, 11) is 0. The molecule has 0 bridgehead atoms. The Kier molecular flexibility index (Phi) is 4.34. The van der Waals surface area contributed by atoms with E-state index >= 15 is 0 Å². The fourth-order valence-electron chi connectivity index (χ4n) is 3.28. The first kappa shape index (κ1) is 15.6. The minimum absolute atomic E-state index is 0.173. The smallest absolute Gasteiger partial charge is 0.271 e. The highest BCUT2D eigenvalue weighted by Crippen LogP contribution is 2.40. The first-order valence-electron chi connectivity index (χ1n) is 8.60. The van der Waals surface area contributed by atoms with Gasteiger partial charge in [0.1, 0.15) is 12.4 Å². The van der Waals surface area contributed by atoms with Crippen LogP contribution in [-0.2, 0) is 6.61 Å². The zero-order chi connectivity index (χ0) is 17.1. The number of amides is 1. The van der Waals surface area contributed by atoms with Gasteiger partial charge in [-0.2, -0.15) is 5.10 Å². The van der Waals surface area contributed by atoms with E-state index in [1.165, 1.54) is 0 Å². The Balaban J connectivity index is 1.31. The Hall–Kier alpha value is -2.88. The Morgan fingerprint density at radius 1 is 1.12 bits per heavy atom. The summed E-state index contributed by atoms with van der Waals surface area (Å²) in [6.07, 6.45) is 6.54. The van der Waals surface area contributed by atoms with Crippen molar-refractivity contribution in [1.82, 2.24) is 5.43 Å². The molecular formula is C21H20N2O2. The van der Waals surface area contributed by atoms with Gasteiger partial charge in [0.25, 0.3) is 5.91 Å². The summed E-state index contributed by atoms with van der Waals surface area (Å²) >= 11 is 0. The number of ether oxygens (including phenoxy) is 1. The van der Waals surface area contributed by atoms with Gasteiger partial charge in [0.2, 0.25) is 0 Å². The third kappa shape index (κ3) is 3.48. The van der Waals surface area contributed by atoms with Gasteiger partial charge < -0.3 is 4.74 Å². The predicted octanol–water partition coefficient (Wildman–Crippen LogP) is 3.95. The second-order valence-electron chi connectivity index (χ2n) is 6.50. The predicted molar refractivity (Wildman–Crippen MR) is 97.5 cm³/mol. The van der Waals surface area contributed by atoms with Crippen LogP contribution in [0, 0.1) is 11.8 Å². The number of carbonyl (C=O) groups excluding carboxylic acids is 1. The van der Waals surface area contributed by atoms with Gasteiger partial charge in [-0.05, 0) is 48.6 Å². The minimum atomic E-state index is -0.173. The standard InChI is InChI=1S/C21H20N2O2/c24-21(23-22-20-13-17-5-4-8-19(17)20)16-11-9-15(10-12-16)14-25-18-6-2-1-3-7-18/h1-4,6-12,17,19H,5,13-14H2,(H,23,24)/b22-20-/t17-,19+/m1/s1. The van der Waals surface area contributed by atoms with Gasteiger partial charge in [0.15, 0.2) is 0 Å². The molecule has 0 spiro atoms. The fraction of sp³-hybridized carbons (Fsp3) is 0.238. The quantitative estimate of drug-likeness (QED) is 0.666. The molecule has 4 heteroatoms. The molecule has 0 radical (unpaired) electrons. The van der Waals surface area contributed by atoms with E-state index in [-0.39, 0.29) is 5.91 Å². The first-order chi connectivity index (χ1) is 12.3. The van der Waals surface area contributed by atoms with E-state index in [1.807, 2.05) is 42.5 Å². The summed E-state index contributed by atoms with van der Waals surface area (Å²) < 4.78 is 5.70. The van der Waals surface area contributed by atoms with Crippen LogP contribution in [0.2, 0.25) is 0 Å². The van der Waals surface area contributed by atoms with E-state index in [1.54, 1.807) is 12.1 Å². The highest BCUT2D eigenvalue weighted by molar-refractivity contribution is 5.98. The summed E-state index contributed by atoms with van der Waals surface area (Å²) in [6, 6.07) is 17.1. The van der Waals surface area contributed by atoms with E-state index in [9.17, 15) is 4.79 Å². The van der Waals surface area contributed by atoms with E-state index in [0.29, 0.717) is 24.0 Å². The fourth-order valence-corrected chi connectivity index (χ4v) is 3.28. The zero-order valence-electron chi connectivity index (χ0n) is 13.9. The summed E-state index contributed by atoms with van der Waals surface area (Å²) in [5.41, 5.74) is 5.38. The van der Waals surface area contributed by atoms with Crippen molar-refractivity contribution in [2.45, 2.75) is 19.4 Å². The van der Waals surface area contributed by atoms with Crippen LogP contribution in [0.1, 0.15) is 28.8 Å². The normalized spacial score (nSPS) is 22.3. The molecule has 2 aromatic rings. The highest BCUT2D eigenvalue weighted by atomic mass is 16.5. The molecule has 126 valence electrons. The van der Waals surface area contributed by atoms with Crippen LogP contribution in [0.4, 0.5) is 0 Å². The molecule has 0 unspecified atom stereocenters. The maximum absolute atomic E-state index is 12.2. The molecule has 1 saturated carbocycles. The van der Waals surface area contributed by atoms with Crippen molar-refractivity contribution in [2.75, 3.05) is 0 Å². The van der Waals surface area contributed by atoms with Crippen molar-refractivity contribution in [3.63, 3.8) is 0 Å². The largest absolute Gasteiger partial charge is 0.489 e. The summed E-state index contributed by atoms with van der Waals surface area (Å²) in [5, 5.41) is 4.29. The lowest BCUT2D eigenvalue weighted by molar-refractivity contribution is 0.0954. The lowest BCUT2D eigenvalue weighted by atomic mass is 9.74. The number of nitrogens with zero attached hydrogens (tertiary/aromatic N) is 1. The number of para-hydroxylation sites is 1. The molecule has 1 N–H and O–H groups in total. The number of benzene rings is 2. The summed E-state index contributed by atoms with van der Waals surface area (Å²) in [5.74, 6) is 1.81. The molecular weight excluding hydrogens is 312 g/mol. The number of hydrogen-bond acceptors (Lipinski definition) is 3. The number of nitrogens with one attached hydrogen (secondary N) is 1. The monoisotopic (exact) mass is 332 g/mol. The Morgan fingerprint density at radius 3 is 2.68 bits per heavy atom. The molecule has 4 rings (SSSR count). The molecule has 0 aliphatic heterocycles. The van der Waals surface area contributed by atoms with Gasteiger partial charge in [-0.25, -0.2) is 5.43 Å². The molecule has 2 aromatic carbocycles. The molecule has 1 amide bonds. The third-order valence-corrected chi connectivity index (χ3v) is 4.81. The van der Waals surface area contributed by atoms with Crippen LogP contribution in [0.25, 0.3) is 0 Å². The summed E-state index contributed by atoms with van der Waals surface area (Å²) in [4.78, 5) is 12.2. The molecule has 25 heavy (non-hydrogen) atoms. The molecule has 2 atom stereocenters. The average molecular weight is 332 g/mol. The molecule has 0 heterocycles. The Labute approximate surface area is 147 Å². The van der Waals surface area contributed by atoms with Gasteiger partial charge in [0, 0.05) is 17.2 Å². The van der Waals surface area contributed by atoms with Gasteiger partial charge >= 0.3 is 0 Å².